The van der Waals surface area contributed by atoms with Crippen LogP contribution in [0.4, 0.5) is 5.82 Å². The Morgan fingerprint density at radius 3 is 2.43 bits per heavy atom. The molecule has 0 spiro atoms. The van der Waals surface area contributed by atoms with E-state index in [1.54, 1.807) is 6.20 Å². The van der Waals surface area contributed by atoms with Gasteiger partial charge in [-0.2, -0.15) is 5.10 Å². The van der Waals surface area contributed by atoms with Crippen LogP contribution in [0.5, 0.6) is 0 Å². The van der Waals surface area contributed by atoms with Gasteiger partial charge in [0.1, 0.15) is 5.82 Å². The van der Waals surface area contributed by atoms with Gasteiger partial charge in [-0.1, -0.05) is 6.07 Å². The maximum atomic E-state index is 13.0. The van der Waals surface area contributed by atoms with Gasteiger partial charge in [-0.3, -0.25) is 4.79 Å². The zero-order valence-corrected chi connectivity index (χ0v) is 17.5. The lowest BCUT2D eigenvalue weighted by molar-refractivity contribution is 0.0726. The molecule has 0 saturated carbocycles. The number of carbonyl (C=O) groups is 1. The van der Waals surface area contributed by atoms with Crippen LogP contribution in [0.1, 0.15) is 29.6 Å². The summed E-state index contributed by atoms with van der Waals surface area (Å²) in [6.07, 6.45) is 7.00. The second kappa shape index (κ2) is 8.07. The summed E-state index contributed by atoms with van der Waals surface area (Å²) in [5, 5.41) is 4.56. The molecule has 0 atom stereocenters. The highest BCUT2D eigenvalue weighted by molar-refractivity contribution is 6.01. The Hall–Kier alpha value is -2.93. The molecule has 0 aliphatic carbocycles. The van der Waals surface area contributed by atoms with Crippen LogP contribution in [0.2, 0.25) is 0 Å². The largest absolute Gasteiger partial charge is 0.354 e. The van der Waals surface area contributed by atoms with Crippen molar-refractivity contribution in [2.75, 3.05) is 51.2 Å². The summed E-state index contributed by atoms with van der Waals surface area (Å²) < 4.78 is 1.86. The molecule has 2 aliphatic rings. The fourth-order valence-electron chi connectivity index (χ4n) is 4.42. The zero-order valence-electron chi connectivity index (χ0n) is 17.5. The van der Waals surface area contributed by atoms with E-state index in [0.29, 0.717) is 5.56 Å². The Kier molecular flexibility index (Phi) is 5.12. The van der Waals surface area contributed by atoms with Crippen molar-refractivity contribution in [1.82, 2.24) is 24.4 Å². The van der Waals surface area contributed by atoms with Gasteiger partial charge in [0.15, 0.2) is 0 Å². The van der Waals surface area contributed by atoms with E-state index in [1.165, 1.54) is 6.42 Å². The fourth-order valence-corrected chi connectivity index (χ4v) is 4.42. The summed E-state index contributed by atoms with van der Waals surface area (Å²) in [5.74, 6) is 1.10. The summed E-state index contributed by atoms with van der Waals surface area (Å²) in [4.78, 5) is 24.4. The van der Waals surface area contributed by atoms with E-state index >= 15 is 0 Å². The van der Waals surface area contributed by atoms with Gasteiger partial charge in [0.05, 0.1) is 23.0 Å². The molecule has 7 heteroatoms. The number of likely N-dealkylation sites (N-methyl/N-ethyl adjacent to an activating group) is 1. The van der Waals surface area contributed by atoms with Gasteiger partial charge in [-0.25, -0.2) is 9.50 Å². The molecule has 0 N–H and O–H groups in total. The Labute approximate surface area is 176 Å². The van der Waals surface area contributed by atoms with Gasteiger partial charge < -0.3 is 14.7 Å². The number of hydrogen-bond acceptors (Lipinski definition) is 5. The smallest absolute Gasteiger partial charge is 0.257 e. The molecule has 7 nitrogen and oxygen atoms in total. The van der Waals surface area contributed by atoms with Crippen molar-refractivity contribution in [2.45, 2.75) is 19.3 Å². The van der Waals surface area contributed by atoms with Crippen LogP contribution in [-0.4, -0.2) is 76.6 Å². The van der Waals surface area contributed by atoms with Crippen LogP contribution in [0.3, 0.4) is 0 Å². The predicted octanol–water partition coefficient (Wildman–Crippen LogP) is 2.77. The van der Waals surface area contributed by atoms with E-state index in [1.807, 2.05) is 33.8 Å². The molecule has 3 aromatic rings. The van der Waals surface area contributed by atoms with Gasteiger partial charge in [0.25, 0.3) is 5.91 Å². The van der Waals surface area contributed by atoms with Crippen LogP contribution >= 0.6 is 0 Å². The van der Waals surface area contributed by atoms with Gasteiger partial charge in [0, 0.05) is 51.0 Å². The number of rotatable bonds is 3. The predicted molar refractivity (Wildman–Crippen MR) is 118 cm³/mol. The lowest BCUT2D eigenvalue weighted by Gasteiger charge is -2.33. The highest BCUT2D eigenvalue weighted by Crippen LogP contribution is 2.25. The average molecular weight is 405 g/mol. The van der Waals surface area contributed by atoms with Crippen LogP contribution in [-0.2, 0) is 0 Å². The van der Waals surface area contributed by atoms with Crippen molar-refractivity contribution in [1.29, 1.82) is 0 Å². The van der Waals surface area contributed by atoms with Crippen LogP contribution in [0.25, 0.3) is 16.8 Å². The summed E-state index contributed by atoms with van der Waals surface area (Å²) in [7, 11) is 2.16. The quantitative estimate of drug-likeness (QED) is 0.672. The molecule has 2 fully saturated rings. The standard InChI is InChI=1S/C23H28N6O/c1-26-12-14-27(15-13-26)22-9-8-18(16-24-22)20-6-5-7-21-19(17-25-29(20)21)23(30)28-10-3-2-4-11-28/h5-9,16-17H,2-4,10-15H2,1H3. The van der Waals surface area contributed by atoms with Gasteiger partial charge >= 0.3 is 0 Å². The number of pyridine rings is 2. The van der Waals surface area contributed by atoms with Gasteiger partial charge in [-0.05, 0) is 50.6 Å². The van der Waals surface area contributed by atoms with Crippen molar-refractivity contribution in [3.05, 3.63) is 48.3 Å². The lowest BCUT2D eigenvalue weighted by atomic mass is 10.1. The molecule has 0 aromatic carbocycles. The number of piperidine rings is 1. The Bertz CT molecular complexity index is 1030. The zero-order chi connectivity index (χ0) is 20.5. The topological polar surface area (TPSA) is 57.0 Å². The molecule has 1 amide bonds. The second-order valence-electron chi connectivity index (χ2n) is 8.31. The van der Waals surface area contributed by atoms with Gasteiger partial charge in [0.2, 0.25) is 0 Å². The molecule has 30 heavy (non-hydrogen) atoms. The molecule has 5 rings (SSSR count). The van der Waals surface area contributed by atoms with Crippen LogP contribution in [0.15, 0.2) is 42.7 Å². The second-order valence-corrected chi connectivity index (χ2v) is 8.31. The first-order valence-corrected chi connectivity index (χ1v) is 10.9. The van der Waals surface area contributed by atoms with Gasteiger partial charge in [-0.15, -0.1) is 0 Å². The van der Waals surface area contributed by atoms with E-state index in [0.717, 1.165) is 74.7 Å². The maximum Gasteiger partial charge on any atom is 0.257 e. The molecule has 5 heterocycles. The van der Waals surface area contributed by atoms with Crippen molar-refractivity contribution in [3.8, 4) is 11.3 Å². The minimum absolute atomic E-state index is 0.0883. The molecule has 0 unspecified atom stereocenters. The number of anilines is 1. The molecule has 0 radical (unpaired) electrons. The number of carbonyl (C=O) groups excluding carboxylic acids is 1. The third-order valence-corrected chi connectivity index (χ3v) is 6.29. The minimum Gasteiger partial charge on any atom is -0.354 e. The summed E-state index contributed by atoms with van der Waals surface area (Å²) >= 11 is 0. The molecular weight excluding hydrogens is 376 g/mol. The fraction of sp³-hybridized carbons (Fsp3) is 0.435. The van der Waals surface area contributed by atoms with Crippen molar-refractivity contribution in [3.63, 3.8) is 0 Å². The molecule has 156 valence electrons. The number of piperazine rings is 1. The third-order valence-electron chi connectivity index (χ3n) is 6.29. The van der Waals surface area contributed by atoms with Crippen LogP contribution < -0.4 is 4.90 Å². The molecule has 3 aromatic heterocycles. The Morgan fingerprint density at radius 2 is 1.70 bits per heavy atom. The van der Waals surface area contributed by atoms with Crippen LogP contribution in [0, 0.1) is 0 Å². The first kappa shape index (κ1) is 19.1. The number of fused-ring (bicyclic) bond motifs is 1. The van der Waals surface area contributed by atoms with Crippen molar-refractivity contribution >= 4 is 17.2 Å². The number of hydrogen-bond donors (Lipinski definition) is 0. The molecule has 2 saturated heterocycles. The monoisotopic (exact) mass is 404 g/mol. The Morgan fingerprint density at radius 1 is 0.900 bits per heavy atom. The summed E-state index contributed by atoms with van der Waals surface area (Å²) in [5.41, 5.74) is 3.48. The maximum absolute atomic E-state index is 13.0. The van der Waals surface area contributed by atoms with Crippen molar-refractivity contribution in [2.24, 2.45) is 0 Å². The van der Waals surface area contributed by atoms with E-state index in [4.69, 9.17) is 4.98 Å². The molecule has 2 aliphatic heterocycles. The highest BCUT2D eigenvalue weighted by atomic mass is 16.2. The third kappa shape index (κ3) is 3.54. The number of aromatic nitrogens is 3. The number of likely N-dealkylation sites (tertiary alicyclic amines) is 1. The highest BCUT2D eigenvalue weighted by Gasteiger charge is 2.22. The number of amides is 1. The Balaban J connectivity index is 1.42. The first-order chi connectivity index (χ1) is 14.7. The summed E-state index contributed by atoms with van der Waals surface area (Å²) in [6, 6.07) is 10.2. The first-order valence-electron chi connectivity index (χ1n) is 10.9. The van der Waals surface area contributed by atoms with E-state index in [-0.39, 0.29) is 5.91 Å². The SMILES string of the molecule is CN1CCN(c2ccc(-c3cccc4c(C(=O)N5CCCCC5)cnn34)cn2)CC1. The normalized spacial score (nSPS) is 18.2. The van der Waals surface area contributed by atoms with E-state index < -0.39 is 0 Å². The average Bonchev–Trinajstić information content (AvgIpc) is 3.24. The lowest BCUT2D eigenvalue weighted by Crippen LogP contribution is -2.44. The number of nitrogens with zero attached hydrogens (tertiary/aromatic N) is 6. The molecular formula is C23H28N6O. The van der Waals surface area contributed by atoms with E-state index in [9.17, 15) is 4.79 Å². The molecule has 0 bridgehead atoms. The minimum atomic E-state index is 0.0883. The summed E-state index contributed by atoms with van der Waals surface area (Å²) in [6.45, 7) is 5.80. The van der Waals surface area contributed by atoms with Crippen molar-refractivity contribution < 1.29 is 4.79 Å². The van der Waals surface area contributed by atoms with E-state index in [2.05, 4.69) is 34.1 Å².